The Balaban J connectivity index is 2.00. The van der Waals surface area contributed by atoms with Crippen molar-refractivity contribution < 1.29 is 0 Å². The van der Waals surface area contributed by atoms with E-state index in [0.29, 0.717) is 6.04 Å². The molecule has 0 aromatic carbocycles. The number of hydrogen-bond acceptors (Lipinski definition) is 2. The Bertz CT molecular complexity index is 450. The molecule has 1 saturated carbocycles. The van der Waals surface area contributed by atoms with Gasteiger partial charge in [-0.2, -0.15) is 0 Å². The molecule has 0 bridgehead atoms. The second-order valence-electron chi connectivity index (χ2n) is 5.88. The maximum absolute atomic E-state index is 11.3. The number of pyridine rings is 1. The fourth-order valence-corrected chi connectivity index (χ4v) is 2.88. The summed E-state index contributed by atoms with van der Waals surface area (Å²) in [4.78, 5) is 11.3. The minimum Gasteiger partial charge on any atom is -0.381 e. The molecule has 1 heterocycles. The van der Waals surface area contributed by atoms with Gasteiger partial charge in [0.1, 0.15) is 0 Å². The van der Waals surface area contributed by atoms with E-state index >= 15 is 0 Å². The summed E-state index contributed by atoms with van der Waals surface area (Å²) in [5.41, 5.74) is 1.11. The number of rotatable bonds is 3. The summed E-state index contributed by atoms with van der Waals surface area (Å²) in [6, 6.07) is 4.08. The minimum atomic E-state index is 0.0456. The first kappa shape index (κ1) is 13.2. The summed E-state index contributed by atoms with van der Waals surface area (Å²) in [7, 11) is 1.80. The zero-order valence-electron chi connectivity index (χ0n) is 11.6. The number of nitrogens with one attached hydrogen (secondary N) is 1. The molecule has 0 saturated heterocycles. The third-order valence-corrected chi connectivity index (χ3v) is 4.11. The lowest BCUT2D eigenvalue weighted by atomic mass is 9.79. The molecule has 1 aromatic heterocycles. The van der Waals surface area contributed by atoms with Crippen LogP contribution in [-0.2, 0) is 7.05 Å². The molecule has 0 amide bonds. The second kappa shape index (κ2) is 5.59. The fourth-order valence-electron chi connectivity index (χ4n) is 2.88. The molecule has 1 fully saturated rings. The first-order valence-corrected chi connectivity index (χ1v) is 6.99. The van der Waals surface area contributed by atoms with E-state index < -0.39 is 0 Å². The maximum atomic E-state index is 11.3. The van der Waals surface area contributed by atoms with E-state index in [1.54, 1.807) is 17.7 Å². The van der Waals surface area contributed by atoms with Crippen LogP contribution >= 0.6 is 0 Å². The molecule has 2 rings (SSSR count). The Morgan fingerprint density at radius 2 is 2.11 bits per heavy atom. The van der Waals surface area contributed by atoms with Crippen molar-refractivity contribution in [2.24, 2.45) is 18.9 Å². The minimum absolute atomic E-state index is 0.0456. The summed E-state index contributed by atoms with van der Waals surface area (Å²) >= 11 is 0. The van der Waals surface area contributed by atoms with Crippen LogP contribution in [0.1, 0.15) is 39.5 Å². The molecule has 2 atom stereocenters. The summed E-state index contributed by atoms with van der Waals surface area (Å²) in [5.74, 6) is 1.61. The highest BCUT2D eigenvalue weighted by Crippen LogP contribution is 2.31. The van der Waals surface area contributed by atoms with E-state index in [1.807, 2.05) is 12.3 Å². The Morgan fingerprint density at radius 3 is 2.78 bits per heavy atom. The predicted octanol–water partition coefficient (Wildman–Crippen LogP) is 3.01. The largest absolute Gasteiger partial charge is 0.381 e. The summed E-state index contributed by atoms with van der Waals surface area (Å²) in [6.45, 7) is 4.64. The fraction of sp³-hybridized carbons (Fsp3) is 0.667. The summed E-state index contributed by atoms with van der Waals surface area (Å²) in [5, 5.41) is 3.57. The number of nitrogens with zero attached hydrogens (tertiary/aromatic N) is 1. The van der Waals surface area contributed by atoms with Crippen LogP contribution in [0.2, 0.25) is 0 Å². The van der Waals surface area contributed by atoms with Gasteiger partial charge in [-0.3, -0.25) is 4.79 Å². The van der Waals surface area contributed by atoms with Gasteiger partial charge in [0.25, 0.3) is 0 Å². The molecule has 1 aliphatic carbocycles. The first-order chi connectivity index (χ1) is 8.56. The quantitative estimate of drug-likeness (QED) is 0.892. The van der Waals surface area contributed by atoms with Crippen molar-refractivity contribution in [1.29, 1.82) is 0 Å². The van der Waals surface area contributed by atoms with Crippen molar-refractivity contribution in [3.63, 3.8) is 0 Å². The molecular formula is C15H24N2O. The van der Waals surface area contributed by atoms with Gasteiger partial charge < -0.3 is 9.88 Å². The average molecular weight is 248 g/mol. The van der Waals surface area contributed by atoms with Crippen LogP contribution in [0, 0.1) is 11.8 Å². The van der Waals surface area contributed by atoms with Crippen molar-refractivity contribution in [1.82, 2.24) is 4.57 Å². The monoisotopic (exact) mass is 248 g/mol. The van der Waals surface area contributed by atoms with Gasteiger partial charge in [-0.25, -0.2) is 0 Å². The van der Waals surface area contributed by atoms with Crippen LogP contribution in [-0.4, -0.2) is 10.6 Å². The molecule has 18 heavy (non-hydrogen) atoms. The van der Waals surface area contributed by atoms with Crippen molar-refractivity contribution in [2.75, 3.05) is 5.32 Å². The normalized spacial score (nSPS) is 24.2. The van der Waals surface area contributed by atoms with Crippen LogP contribution < -0.4 is 10.9 Å². The highest BCUT2D eigenvalue weighted by atomic mass is 16.1. The van der Waals surface area contributed by atoms with Crippen LogP contribution in [0.5, 0.6) is 0 Å². The first-order valence-electron chi connectivity index (χ1n) is 6.99. The summed E-state index contributed by atoms with van der Waals surface area (Å²) < 4.78 is 1.63. The topological polar surface area (TPSA) is 34.0 Å². The van der Waals surface area contributed by atoms with Gasteiger partial charge in [-0.15, -0.1) is 0 Å². The Morgan fingerprint density at radius 1 is 1.33 bits per heavy atom. The van der Waals surface area contributed by atoms with Crippen molar-refractivity contribution >= 4 is 5.69 Å². The highest BCUT2D eigenvalue weighted by Gasteiger charge is 2.23. The molecule has 0 aliphatic heterocycles. The SMILES string of the molecule is CC(C)C1CCCC(Nc2ccc(=O)n(C)c2)C1. The Kier molecular flexibility index (Phi) is 4.10. The smallest absolute Gasteiger partial charge is 0.250 e. The third kappa shape index (κ3) is 3.15. The average Bonchev–Trinajstić information content (AvgIpc) is 2.34. The van der Waals surface area contributed by atoms with Crippen LogP contribution in [0.15, 0.2) is 23.1 Å². The number of anilines is 1. The molecule has 2 unspecified atom stereocenters. The lowest BCUT2D eigenvalue weighted by Crippen LogP contribution is -2.30. The molecular weight excluding hydrogens is 224 g/mol. The number of aromatic nitrogens is 1. The number of aryl methyl sites for hydroxylation is 1. The van der Waals surface area contributed by atoms with Crippen molar-refractivity contribution in [3.05, 3.63) is 28.7 Å². The van der Waals surface area contributed by atoms with Crippen LogP contribution in [0.25, 0.3) is 0 Å². The van der Waals surface area contributed by atoms with E-state index in [1.165, 1.54) is 25.7 Å². The summed E-state index contributed by atoms with van der Waals surface area (Å²) in [6.07, 6.45) is 7.06. The van der Waals surface area contributed by atoms with Crippen molar-refractivity contribution in [2.45, 2.75) is 45.6 Å². The number of hydrogen-bond donors (Lipinski definition) is 1. The van der Waals surface area contributed by atoms with E-state index in [4.69, 9.17) is 0 Å². The Labute approximate surface area is 109 Å². The van der Waals surface area contributed by atoms with E-state index in [2.05, 4.69) is 19.2 Å². The van der Waals surface area contributed by atoms with E-state index in [-0.39, 0.29) is 5.56 Å². The maximum Gasteiger partial charge on any atom is 0.250 e. The van der Waals surface area contributed by atoms with Gasteiger partial charge >= 0.3 is 0 Å². The zero-order chi connectivity index (χ0) is 13.1. The van der Waals surface area contributed by atoms with Gasteiger partial charge in [0.05, 0.1) is 5.69 Å². The highest BCUT2D eigenvalue weighted by molar-refractivity contribution is 5.41. The molecule has 0 radical (unpaired) electrons. The molecule has 1 N–H and O–H groups in total. The van der Waals surface area contributed by atoms with Crippen molar-refractivity contribution in [3.8, 4) is 0 Å². The molecule has 100 valence electrons. The standard InChI is InChI=1S/C15H24N2O/c1-11(2)12-5-4-6-13(9-12)16-14-7-8-15(18)17(3)10-14/h7-8,10-13,16H,4-6,9H2,1-3H3. The lowest BCUT2D eigenvalue weighted by Gasteiger charge is -2.32. The molecule has 1 aromatic rings. The Hall–Kier alpha value is -1.25. The second-order valence-corrected chi connectivity index (χ2v) is 5.88. The molecule has 3 heteroatoms. The predicted molar refractivity (Wildman–Crippen MR) is 75.9 cm³/mol. The zero-order valence-corrected chi connectivity index (χ0v) is 11.6. The molecule has 1 aliphatic rings. The van der Waals surface area contributed by atoms with E-state index in [0.717, 1.165) is 17.5 Å². The van der Waals surface area contributed by atoms with Gasteiger partial charge in [0.2, 0.25) is 5.56 Å². The van der Waals surface area contributed by atoms with Crippen LogP contribution in [0.3, 0.4) is 0 Å². The van der Waals surface area contributed by atoms with Gasteiger partial charge in [-0.05, 0) is 30.7 Å². The van der Waals surface area contributed by atoms with Gasteiger partial charge in [0.15, 0.2) is 0 Å². The molecule has 3 nitrogen and oxygen atoms in total. The van der Waals surface area contributed by atoms with Gasteiger partial charge in [-0.1, -0.05) is 26.7 Å². The molecule has 0 spiro atoms. The van der Waals surface area contributed by atoms with E-state index in [9.17, 15) is 4.79 Å². The third-order valence-electron chi connectivity index (χ3n) is 4.11. The van der Waals surface area contributed by atoms with Gasteiger partial charge in [0, 0.05) is 25.4 Å². The lowest BCUT2D eigenvalue weighted by molar-refractivity contribution is 0.264. The van der Waals surface area contributed by atoms with Crippen LogP contribution in [0.4, 0.5) is 5.69 Å².